The molecule has 0 saturated carbocycles. The van der Waals surface area contributed by atoms with Gasteiger partial charge in [-0.1, -0.05) is 29.8 Å². The zero-order valence-electron chi connectivity index (χ0n) is 12.7. The number of ether oxygens (including phenoxy) is 1. The van der Waals surface area contributed by atoms with Crippen molar-refractivity contribution >= 4 is 5.91 Å². The standard InChI is InChI=1S/C17H24N2O2/c1-13-4-6-14(7-5-13)10-19-11-16(21-12-17(19)20)15-3-2-8-18-9-15/h4-7,15-16,18H,2-3,8-12H2,1H3. The summed E-state index contributed by atoms with van der Waals surface area (Å²) in [6, 6.07) is 8.41. The average Bonchev–Trinajstić information content (AvgIpc) is 2.52. The van der Waals surface area contributed by atoms with Gasteiger partial charge in [-0.25, -0.2) is 0 Å². The van der Waals surface area contributed by atoms with Gasteiger partial charge in [0.15, 0.2) is 0 Å². The lowest BCUT2D eigenvalue weighted by Crippen LogP contribution is -2.51. The molecule has 1 aromatic rings. The third-order valence-corrected chi connectivity index (χ3v) is 4.53. The normalized spacial score (nSPS) is 26.9. The summed E-state index contributed by atoms with van der Waals surface area (Å²) in [6.07, 6.45) is 2.58. The molecule has 3 rings (SSSR count). The minimum absolute atomic E-state index is 0.107. The van der Waals surface area contributed by atoms with Crippen LogP contribution in [0.25, 0.3) is 0 Å². The molecule has 0 aromatic heterocycles. The van der Waals surface area contributed by atoms with Gasteiger partial charge in [0, 0.05) is 19.6 Å². The fourth-order valence-corrected chi connectivity index (χ4v) is 3.19. The second kappa shape index (κ2) is 6.58. The number of hydrogen-bond donors (Lipinski definition) is 1. The molecule has 0 aliphatic carbocycles. The molecule has 21 heavy (non-hydrogen) atoms. The van der Waals surface area contributed by atoms with Crippen molar-refractivity contribution in [2.24, 2.45) is 5.92 Å². The van der Waals surface area contributed by atoms with Crippen molar-refractivity contribution in [2.75, 3.05) is 26.2 Å². The van der Waals surface area contributed by atoms with E-state index in [0.29, 0.717) is 12.5 Å². The van der Waals surface area contributed by atoms with Crippen LogP contribution in [0, 0.1) is 12.8 Å². The van der Waals surface area contributed by atoms with E-state index in [1.165, 1.54) is 24.0 Å². The monoisotopic (exact) mass is 288 g/mol. The van der Waals surface area contributed by atoms with Crippen LogP contribution in [0.3, 0.4) is 0 Å². The Kier molecular flexibility index (Phi) is 4.56. The maximum absolute atomic E-state index is 12.1. The van der Waals surface area contributed by atoms with Crippen LogP contribution in [0.4, 0.5) is 0 Å². The molecule has 1 aromatic carbocycles. The number of morpholine rings is 1. The first-order chi connectivity index (χ1) is 10.2. The van der Waals surface area contributed by atoms with Crippen LogP contribution in [-0.2, 0) is 16.1 Å². The zero-order chi connectivity index (χ0) is 14.7. The van der Waals surface area contributed by atoms with Gasteiger partial charge in [0.1, 0.15) is 6.61 Å². The maximum atomic E-state index is 12.1. The predicted molar refractivity (Wildman–Crippen MR) is 81.9 cm³/mol. The van der Waals surface area contributed by atoms with Crippen LogP contribution in [0.5, 0.6) is 0 Å². The summed E-state index contributed by atoms with van der Waals surface area (Å²) in [5.74, 6) is 0.642. The first-order valence-corrected chi connectivity index (χ1v) is 7.88. The van der Waals surface area contributed by atoms with Crippen LogP contribution in [-0.4, -0.2) is 43.2 Å². The van der Waals surface area contributed by atoms with E-state index in [0.717, 1.165) is 19.6 Å². The molecular formula is C17H24N2O2. The number of amides is 1. The molecule has 1 N–H and O–H groups in total. The molecule has 4 heteroatoms. The lowest BCUT2D eigenvalue weighted by Gasteiger charge is -2.38. The second-order valence-corrected chi connectivity index (χ2v) is 6.22. The van der Waals surface area contributed by atoms with Crippen LogP contribution in [0.2, 0.25) is 0 Å². The van der Waals surface area contributed by atoms with Gasteiger partial charge < -0.3 is 15.0 Å². The van der Waals surface area contributed by atoms with E-state index in [-0.39, 0.29) is 18.6 Å². The smallest absolute Gasteiger partial charge is 0.248 e. The van der Waals surface area contributed by atoms with Crippen molar-refractivity contribution in [1.82, 2.24) is 10.2 Å². The van der Waals surface area contributed by atoms with Crippen molar-refractivity contribution in [2.45, 2.75) is 32.4 Å². The molecular weight excluding hydrogens is 264 g/mol. The predicted octanol–water partition coefficient (Wildman–Crippen LogP) is 1.72. The molecule has 0 bridgehead atoms. The SMILES string of the molecule is Cc1ccc(CN2CC(C3CCCNC3)OCC2=O)cc1. The Morgan fingerprint density at radius 3 is 2.86 bits per heavy atom. The fourth-order valence-electron chi connectivity index (χ4n) is 3.19. The molecule has 2 fully saturated rings. The Balaban J connectivity index is 1.62. The molecule has 1 amide bonds. The van der Waals surface area contributed by atoms with E-state index >= 15 is 0 Å². The lowest BCUT2D eigenvalue weighted by atomic mass is 9.92. The van der Waals surface area contributed by atoms with Gasteiger partial charge in [-0.2, -0.15) is 0 Å². The summed E-state index contributed by atoms with van der Waals surface area (Å²) < 4.78 is 5.79. The van der Waals surface area contributed by atoms with Crippen LogP contribution < -0.4 is 5.32 Å². The van der Waals surface area contributed by atoms with E-state index in [4.69, 9.17) is 4.74 Å². The van der Waals surface area contributed by atoms with Crippen LogP contribution in [0.15, 0.2) is 24.3 Å². The molecule has 4 nitrogen and oxygen atoms in total. The molecule has 0 spiro atoms. The third kappa shape index (κ3) is 3.63. The van der Waals surface area contributed by atoms with Crippen molar-refractivity contribution in [3.63, 3.8) is 0 Å². The second-order valence-electron chi connectivity index (χ2n) is 6.22. The van der Waals surface area contributed by atoms with Crippen LogP contribution >= 0.6 is 0 Å². The average molecular weight is 288 g/mol. The number of nitrogens with zero attached hydrogens (tertiary/aromatic N) is 1. The number of hydrogen-bond acceptors (Lipinski definition) is 3. The minimum Gasteiger partial charge on any atom is -0.366 e. The minimum atomic E-state index is 0.107. The topological polar surface area (TPSA) is 41.6 Å². The quantitative estimate of drug-likeness (QED) is 0.921. The number of benzene rings is 1. The number of nitrogens with one attached hydrogen (secondary N) is 1. The summed E-state index contributed by atoms with van der Waals surface area (Å²) in [5, 5.41) is 3.43. The van der Waals surface area contributed by atoms with Gasteiger partial charge in [0.25, 0.3) is 0 Å². The first-order valence-electron chi connectivity index (χ1n) is 7.88. The van der Waals surface area contributed by atoms with Crippen molar-refractivity contribution in [1.29, 1.82) is 0 Å². The van der Waals surface area contributed by atoms with Crippen molar-refractivity contribution < 1.29 is 9.53 Å². The highest BCUT2D eigenvalue weighted by atomic mass is 16.5. The molecule has 2 saturated heterocycles. The summed E-state index contributed by atoms with van der Waals surface area (Å²) in [4.78, 5) is 14.0. The van der Waals surface area contributed by atoms with E-state index in [2.05, 4.69) is 36.5 Å². The van der Waals surface area contributed by atoms with Gasteiger partial charge in [-0.05, 0) is 37.8 Å². The summed E-state index contributed by atoms with van der Waals surface area (Å²) in [7, 11) is 0. The lowest BCUT2D eigenvalue weighted by molar-refractivity contribution is -0.153. The summed E-state index contributed by atoms with van der Waals surface area (Å²) in [6.45, 7) is 5.84. The van der Waals surface area contributed by atoms with Gasteiger partial charge in [-0.15, -0.1) is 0 Å². The fraction of sp³-hybridized carbons (Fsp3) is 0.588. The van der Waals surface area contributed by atoms with Crippen LogP contribution in [0.1, 0.15) is 24.0 Å². The molecule has 2 aliphatic rings. The third-order valence-electron chi connectivity index (χ3n) is 4.53. The molecule has 0 radical (unpaired) electrons. The highest BCUT2D eigenvalue weighted by molar-refractivity contribution is 5.78. The van der Waals surface area contributed by atoms with Crippen molar-refractivity contribution in [3.05, 3.63) is 35.4 Å². The highest BCUT2D eigenvalue weighted by Gasteiger charge is 2.32. The Labute approximate surface area is 126 Å². The molecule has 2 heterocycles. The number of piperidine rings is 1. The zero-order valence-corrected chi connectivity index (χ0v) is 12.7. The Morgan fingerprint density at radius 1 is 1.33 bits per heavy atom. The molecule has 2 aliphatic heterocycles. The number of rotatable bonds is 3. The Bertz CT molecular complexity index is 480. The van der Waals surface area contributed by atoms with E-state index < -0.39 is 0 Å². The summed E-state index contributed by atoms with van der Waals surface area (Å²) in [5.41, 5.74) is 2.44. The first kappa shape index (κ1) is 14.5. The molecule has 114 valence electrons. The highest BCUT2D eigenvalue weighted by Crippen LogP contribution is 2.22. The largest absolute Gasteiger partial charge is 0.366 e. The molecule has 2 unspecified atom stereocenters. The van der Waals surface area contributed by atoms with E-state index in [1.54, 1.807) is 0 Å². The molecule has 2 atom stereocenters. The number of aryl methyl sites for hydroxylation is 1. The maximum Gasteiger partial charge on any atom is 0.248 e. The van der Waals surface area contributed by atoms with E-state index in [1.807, 2.05) is 4.90 Å². The summed E-state index contributed by atoms with van der Waals surface area (Å²) >= 11 is 0. The Morgan fingerprint density at radius 2 is 2.14 bits per heavy atom. The van der Waals surface area contributed by atoms with Gasteiger partial charge in [0.05, 0.1) is 6.10 Å². The number of carbonyl (C=O) groups is 1. The van der Waals surface area contributed by atoms with Gasteiger partial charge in [-0.3, -0.25) is 4.79 Å². The van der Waals surface area contributed by atoms with Gasteiger partial charge in [0.2, 0.25) is 5.91 Å². The Hall–Kier alpha value is -1.39. The van der Waals surface area contributed by atoms with Crippen molar-refractivity contribution in [3.8, 4) is 0 Å². The number of carbonyl (C=O) groups excluding carboxylic acids is 1. The van der Waals surface area contributed by atoms with E-state index in [9.17, 15) is 4.79 Å². The van der Waals surface area contributed by atoms with Gasteiger partial charge >= 0.3 is 0 Å².